The fraction of sp³-hybridized carbons (Fsp3) is 0.400. The first-order chi connectivity index (χ1) is 11.7. The number of aryl methyl sites for hydroxylation is 1. The van der Waals surface area contributed by atoms with Gasteiger partial charge in [0.1, 0.15) is 0 Å². The Balaban J connectivity index is 2.14. The van der Waals surface area contributed by atoms with Crippen molar-refractivity contribution in [1.29, 1.82) is 0 Å². The second kappa shape index (κ2) is 7.55. The van der Waals surface area contributed by atoms with Gasteiger partial charge < -0.3 is 14.6 Å². The SMILES string of the molecule is Cc1cc(C(=O)Nc2ccc(C(=O)OC(C)C)cc2)c(C)n1C(C)C. The van der Waals surface area contributed by atoms with Crippen LogP contribution in [-0.2, 0) is 4.74 Å². The molecule has 0 fully saturated rings. The van der Waals surface area contributed by atoms with Gasteiger partial charge in [0.25, 0.3) is 5.91 Å². The maximum Gasteiger partial charge on any atom is 0.338 e. The van der Waals surface area contributed by atoms with Gasteiger partial charge in [0, 0.05) is 23.1 Å². The highest BCUT2D eigenvalue weighted by atomic mass is 16.5. The largest absolute Gasteiger partial charge is 0.459 e. The number of carbonyl (C=O) groups is 2. The molecule has 25 heavy (non-hydrogen) atoms. The van der Waals surface area contributed by atoms with Gasteiger partial charge in [-0.3, -0.25) is 4.79 Å². The molecule has 0 saturated heterocycles. The predicted octanol–water partition coefficient (Wildman–Crippen LogP) is 4.50. The highest BCUT2D eigenvalue weighted by Gasteiger charge is 2.17. The fourth-order valence-electron chi connectivity index (χ4n) is 2.97. The highest BCUT2D eigenvalue weighted by molar-refractivity contribution is 6.05. The molecule has 5 nitrogen and oxygen atoms in total. The number of nitrogens with zero attached hydrogens (tertiary/aromatic N) is 1. The Hall–Kier alpha value is -2.56. The number of aromatic nitrogens is 1. The van der Waals surface area contributed by atoms with Crippen molar-refractivity contribution in [3.05, 3.63) is 52.8 Å². The van der Waals surface area contributed by atoms with E-state index in [2.05, 4.69) is 23.7 Å². The number of amides is 1. The molecule has 1 aromatic heterocycles. The third-order valence-electron chi connectivity index (χ3n) is 3.97. The van der Waals surface area contributed by atoms with Gasteiger partial charge in [0.15, 0.2) is 0 Å². The van der Waals surface area contributed by atoms with Crippen LogP contribution in [0.4, 0.5) is 5.69 Å². The second-order valence-electron chi connectivity index (χ2n) is 6.73. The molecular weight excluding hydrogens is 316 g/mol. The molecule has 0 bridgehead atoms. The lowest BCUT2D eigenvalue weighted by molar-refractivity contribution is 0.0378. The zero-order valence-electron chi connectivity index (χ0n) is 15.7. The van der Waals surface area contributed by atoms with E-state index in [1.54, 1.807) is 38.1 Å². The molecule has 1 N–H and O–H groups in total. The van der Waals surface area contributed by atoms with E-state index in [0.717, 1.165) is 11.4 Å². The molecule has 1 heterocycles. The molecule has 0 saturated carbocycles. The molecule has 0 spiro atoms. The van der Waals surface area contributed by atoms with Crippen molar-refractivity contribution in [3.8, 4) is 0 Å². The highest BCUT2D eigenvalue weighted by Crippen LogP contribution is 2.21. The van der Waals surface area contributed by atoms with Crippen LogP contribution in [0.1, 0.15) is 65.8 Å². The molecule has 1 aromatic carbocycles. The van der Waals surface area contributed by atoms with E-state index in [4.69, 9.17) is 4.74 Å². The molecular formula is C20H26N2O3. The lowest BCUT2D eigenvalue weighted by atomic mass is 10.2. The van der Waals surface area contributed by atoms with Crippen molar-refractivity contribution in [1.82, 2.24) is 4.57 Å². The Kier molecular flexibility index (Phi) is 5.67. The van der Waals surface area contributed by atoms with Crippen LogP contribution in [0.3, 0.4) is 0 Å². The Labute approximate surface area is 149 Å². The minimum absolute atomic E-state index is 0.155. The molecule has 2 aromatic rings. The van der Waals surface area contributed by atoms with Gasteiger partial charge in [-0.05, 0) is 71.9 Å². The number of hydrogen-bond acceptors (Lipinski definition) is 3. The quantitative estimate of drug-likeness (QED) is 0.814. The van der Waals surface area contributed by atoms with Crippen LogP contribution < -0.4 is 5.32 Å². The van der Waals surface area contributed by atoms with Gasteiger partial charge in [-0.2, -0.15) is 0 Å². The van der Waals surface area contributed by atoms with Crippen LogP contribution >= 0.6 is 0 Å². The van der Waals surface area contributed by atoms with Gasteiger partial charge in [-0.1, -0.05) is 0 Å². The smallest absolute Gasteiger partial charge is 0.338 e. The molecule has 0 atom stereocenters. The maximum absolute atomic E-state index is 12.6. The van der Waals surface area contributed by atoms with E-state index >= 15 is 0 Å². The first-order valence-corrected chi connectivity index (χ1v) is 8.51. The summed E-state index contributed by atoms with van der Waals surface area (Å²) in [5, 5.41) is 2.88. The fourth-order valence-corrected chi connectivity index (χ4v) is 2.97. The van der Waals surface area contributed by atoms with Crippen molar-refractivity contribution < 1.29 is 14.3 Å². The third kappa shape index (κ3) is 4.29. The first-order valence-electron chi connectivity index (χ1n) is 8.51. The first kappa shape index (κ1) is 18.8. The summed E-state index contributed by atoms with van der Waals surface area (Å²) >= 11 is 0. The summed E-state index contributed by atoms with van der Waals surface area (Å²) < 4.78 is 7.29. The van der Waals surface area contributed by atoms with Crippen LogP contribution in [0.25, 0.3) is 0 Å². The van der Waals surface area contributed by atoms with Gasteiger partial charge in [-0.25, -0.2) is 4.79 Å². The van der Waals surface area contributed by atoms with Crippen LogP contribution in [0.2, 0.25) is 0 Å². The zero-order valence-corrected chi connectivity index (χ0v) is 15.7. The number of ether oxygens (including phenoxy) is 1. The molecule has 0 aliphatic heterocycles. The van der Waals surface area contributed by atoms with E-state index in [9.17, 15) is 9.59 Å². The van der Waals surface area contributed by atoms with E-state index < -0.39 is 0 Å². The molecule has 134 valence electrons. The minimum Gasteiger partial charge on any atom is -0.459 e. The number of nitrogens with one attached hydrogen (secondary N) is 1. The van der Waals surface area contributed by atoms with Gasteiger partial charge in [0.05, 0.1) is 17.2 Å². The van der Waals surface area contributed by atoms with Crippen LogP contribution in [-0.4, -0.2) is 22.5 Å². The molecule has 5 heteroatoms. The Bertz CT molecular complexity index is 771. The second-order valence-corrected chi connectivity index (χ2v) is 6.73. The van der Waals surface area contributed by atoms with Crippen molar-refractivity contribution in [2.75, 3.05) is 5.32 Å². The summed E-state index contributed by atoms with van der Waals surface area (Å²) in [5.74, 6) is -0.522. The molecule has 0 unspecified atom stereocenters. The number of hydrogen-bond donors (Lipinski definition) is 1. The molecule has 0 aliphatic carbocycles. The number of anilines is 1. The lowest BCUT2D eigenvalue weighted by Crippen LogP contribution is -2.14. The lowest BCUT2D eigenvalue weighted by Gasteiger charge is -2.13. The minimum atomic E-state index is -0.367. The van der Waals surface area contributed by atoms with Crippen LogP contribution in [0.15, 0.2) is 30.3 Å². The maximum atomic E-state index is 12.6. The molecule has 1 amide bonds. The topological polar surface area (TPSA) is 60.3 Å². The summed E-state index contributed by atoms with van der Waals surface area (Å²) in [6, 6.07) is 8.91. The average molecular weight is 342 g/mol. The normalized spacial score (nSPS) is 11.0. The van der Waals surface area contributed by atoms with Crippen LogP contribution in [0, 0.1) is 13.8 Å². The van der Waals surface area contributed by atoms with Crippen molar-refractivity contribution in [2.45, 2.75) is 53.7 Å². The standard InChI is InChI=1S/C20H26N2O3/c1-12(2)22-14(5)11-18(15(22)6)19(23)21-17-9-7-16(8-10-17)20(24)25-13(3)4/h7-13H,1-6H3,(H,21,23). The van der Waals surface area contributed by atoms with E-state index in [1.807, 2.05) is 19.9 Å². The summed E-state index contributed by atoms with van der Waals surface area (Å²) in [7, 11) is 0. The van der Waals surface area contributed by atoms with E-state index in [1.165, 1.54) is 0 Å². The monoisotopic (exact) mass is 342 g/mol. The van der Waals surface area contributed by atoms with Crippen LogP contribution in [0.5, 0.6) is 0 Å². The van der Waals surface area contributed by atoms with E-state index in [-0.39, 0.29) is 18.0 Å². The van der Waals surface area contributed by atoms with Crippen molar-refractivity contribution in [2.24, 2.45) is 0 Å². The number of carbonyl (C=O) groups excluding carboxylic acids is 2. The van der Waals surface area contributed by atoms with E-state index in [0.29, 0.717) is 22.9 Å². The van der Waals surface area contributed by atoms with Gasteiger partial charge in [-0.15, -0.1) is 0 Å². The van der Waals surface area contributed by atoms with Gasteiger partial charge >= 0.3 is 5.97 Å². The molecule has 2 rings (SSSR count). The summed E-state index contributed by atoms with van der Waals surface area (Å²) in [4.78, 5) is 24.4. The Morgan fingerprint density at radius 2 is 1.64 bits per heavy atom. The molecule has 0 aliphatic rings. The van der Waals surface area contributed by atoms with Crippen molar-refractivity contribution >= 4 is 17.6 Å². The number of benzene rings is 1. The number of rotatable bonds is 5. The summed E-state index contributed by atoms with van der Waals surface area (Å²) in [6.07, 6.45) is -0.164. The number of esters is 1. The average Bonchev–Trinajstić information content (AvgIpc) is 2.82. The Morgan fingerprint density at radius 1 is 1.04 bits per heavy atom. The third-order valence-corrected chi connectivity index (χ3v) is 3.97. The zero-order chi connectivity index (χ0) is 18.7. The Morgan fingerprint density at radius 3 is 2.12 bits per heavy atom. The summed E-state index contributed by atoms with van der Waals surface area (Å²) in [5.41, 5.74) is 3.77. The van der Waals surface area contributed by atoms with Gasteiger partial charge in [0.2, 0.25) is 0 Å². The van der Waals surface area contributed by atoms with Crippen molar-refractivity contribution in [3.63, 3.8) is 0 Å². The predicted molar refractivity (Wildman–Crippen MR) is 99.2 cm³/mol. The summed E-state index contributed by atoms with van der Waals surface area (Å²) in [6.45, 7) is 11.7. The molecule has 0 radical (unpaired) electrons.